The third-order valence-electron chi connectivity index (χ3n) is 4.04. The van der Waals surface area contributed by atoms with Gasteiger partial charge in [-0.15, -0.1) is 0 Å². The van der Waals surface area contributed by atoms with Crippen LogP contribution in [0.2, 0.25) is 0 Å². The van der Waals surface area contributed by atoms with E-state index in [2.05, 4.69) is 6.92 Å². The lowest BCUT2D eigenvalue weighted by Crippen LogP contribution is -2.42. The van der Waals surface area contributed by atoms with Crippen molar-refractivity contribution in [3.8, 4) is 0 Å². The van der Waals surface area contributed by atoms with Crippen LogP contribution in [0.1, 0.15) is 58.3 Å². The molecule has 4 atom stereocenters. The lowest BCUT2D eigenvalue weighted by atomic mass is 10.1. The molecule has 0 radical (unpaired) electrons. The van der Waals surface area contributed by atoms with Crippen molar-refractivity contribution < 1.29 is 24.8 Å². The van der Waals surface area contributed by atoms with Gasteiger partial charge in [-0.25, -0.2) is 0 Å². The van der Waals surface area contributed by atoms with Gasteiger partial charge in [-0.1, -0.05) is 51.9 Å². The molecule has 1 aliphatic heterocycles. The van der Waals surface area contributed by atoms with Crippen molar-refractivity contribution in [2.24, 2.45) is 0 Å². The maximum atomic E-state index is 9.78. The summed E-state index contributed by atoms with van der Waals surface area (Å²) in [6.45, 7) is 2.56. The highest BCUT2D eigenvalue weighted by Crippen LogP contribution is 2.21. The number of ether oxygens (including phenoxy) is 2. The zero-order valence-electron chi connectivity index (χ0n) is 13.2. The average Bonchev–Trinajstić information content (AvgIpc) is 2.86. The minimum atomic E-state index is -0.995. The molecule has 21 heavy (non-hydrogen) atoms. The van der Waals surface area contributed by atoms with Gasteiger partial charge in [-0.05, 0) is 6.42 Å². The van der Waals surface area contributed by atoms with Gasteiger partial charge in [0.25, 0.3) is 0 Å². The van der Waals surface area contributed by atoms with Gasteiger partial charge in [-0.2, -0.15) is 0 Å². The van der Waals surface area contributed by atoms with Crippen molar-refractivity contribution in [2.75, 3.05) is 19.8 Å². The number of hydrogen-bond donors (Lipinski definition) is 3. The van der Waals surface area contributed by atoms with Crippen molar-refractivity contribution in [1.29, 1.82) is 0 Å². The second-order valence-corrected chi connectivity index (χ2v) is 5.93. The Morgan fingerprint density at radius 2 is 1.71 bits per heavy atom. The van der Waals surface area contributed by atoms with Crippen LogP contribution >= 0.6 is 0 Å². The summed E-state index contributed by atoms with van der Waals surface area (Å²) >= 11 is 0. The van der Waals surface area contributed by atoms with Gasteiger partial charge in [0, 0.05) is 6.61 Å². The number of rotatable bonds is 12. The molecule has 0 aromatic carbocycles. The van der Waals surface area contributed by atoms with Crippen LogP contribution in [-0.4, -0.2) is 59.6 Å². The quantitative estimate of drug-likeness (QED) is 0.478. The van der Waals surface area contributed by atoms with Crippen LogP contribution in [0.3, 0.4) is 0 Å². The van der Waals surface area contributed by atoms with E-state index >= 15 is 0 Å². The van der Waals surface area contributed by atoms with E-state index in [0.29, 0.717) is 6.61 Å². The Balaban J connectivity index is 2.05. The van der Waals surface area contributed by atoms with Crippen LogP contribution in [-0.2, 0) is 9.47 Å². The first kappa shape index (κ1) is 18.8. The van der Waals surface area contributed by atoms with Gasteiger partial charge in [0.1, 0.15) is 24.4 Å². The third-order valence-corrected chi connectivity index (χ3v) is 4.04. The summed E-state index contributed by atoms with van der Waals surface area (Å²) < 4.78 is 10.9. The average molecular weight is 304 g/mol. The maximum Gasteiger partial charge on any atom is 0.114 e. The zero-order valence-corrected chi connectivity index (χ0v) is 13.2. The van der Waals surface area contributed by atoms with Crippen LogP contribution in [0.25, 0.3) is 0 Å². The molecular weight excluding hydrogens is 272 g/mol. The molecule has 3 N–H and O–H groups in total. The molecule has 1 rings (SSSR count). The Labute approximate surface area is 128 Å². The third kappa shape index (κ3) is 7.06. The van der Waals surface area contributed by atoms with Crippen molar-refractivity contribution in [3.63, 3.8) is 0 Å². The summed E-state index contributed by atoms with van der Waals surface area (Å²) in [5, 5.41) is 28.4. The summed E-state index contributed by atoms with van der Waals surface area (Å²) in [4.78, 5) is 0. The minimum absolute atomic E-state index is 0.157. The molecule has 0 saturated carbocycles. The van der Waals surface area contributed by atoms with Crippen LogP contribution in [0.4, 0.5) is 0 Å². The highest BCUT2D eigenvalue weighted by Gasteiger charge is 2.40. The highest BCUT2D eigenvalue weighted by atomic mass is 16.6. The summed E-state index contributed by atoms with van der Waals surface area (Å²) in [6, 6.07) is 0. The Bertz CT molecular complexity index is 249. The van der Waals surface area contributed by atoms with Crippen LogP contribution in [0, 0.1) is 0 Å². The van der Waals surface area contributed by atoms with Crippen molar-refractivity contribution >= 4 is 0 Å². The number of aliphatic hydroxyl groups excluding tert-OH is 3. The molecular formula is C16H32O5. The van der Waals surface area contributed by atoms with Gasteiger partial charge < -0.3 is 24.8 Å². The second-order valence-electron chi connectivity index (χ2n) is 5.93. The van der Waals surface area contributed by atoms with Crippen molar-refractivity contribution in [2.45, 2.75) is 82.7 Å². The summed E-state index contributed by atoms with van der Waals surface area (Å²) in [7, 11) is 0. The Kier molecular flexibility index (Phi) is 10.2. The Hall–Kier alpha value is -0.200. The number of aliphatic hydroxyl groups is 3. The monoisotopic (exact) mass is 304 g/mol. The number of unbranched alkanes of at least 4 members (excludes halogenated alkanes) is 7. The molecule has 126 valence electrons. The van der Waals surface area contributed by atoms with Crippen LogP contribution in [0.15, 0.2) is 0 Å². The molecule has 1 heterocycles. The molecule has 1 fully saturated rings. The van der Waals surface area contributed by atoms with Gasteiger partial charge >= 0.3 is 0 Å². The maximum absolute atomic E-state index is 9.78. The van der Waals surface area contributed by atoms with E-state index in [-0.39, 0.29) is 13.2 Å². The first-order valence-corrected chi connectivity index (χ1v) is 8.40. The van der Waals surface area contributed by atoms with E-state index in [4.69, 9.17) is 14.6 Å². The standard InChI is InChI=1S/C16H32O5/c1-2-3-4-5-6-7-8-9-10-20-16-14(19)12-21-15(16)13(18)11-17/h13-19H,2-12H2,1H3/t13-,14+,15-,16-/m0/s1. The molecule has 0 unspecified atom stereocenters. The largest absolute Gasteiger partial charge is 0.394 e. The minimum Gasteiger partial charge on any atom is -0.394 e. The molecule has 0 amide bonds. The molecule has 1 saturated heterocycles. The number of hydrogen-bond acceptors (Lipinski definition) is 5. The van der Waals surface area contributed by atoms with Crippen molar-refractivity contribution in [1.82, 2.24) is 0 Å². The summed E-state index contributed by atoms with van der Waals surface area (Å²) in [6.07, 6.45) is 6.97. The normalized spacial score (nSPS) is 27.1. The van der Waals surface area contributed by atoms with E-state index < -0.39 is 24.4 Å². The highest BCUT2D eigenvalue weighted by molar-refractivity contribution is 4.89. The molecule has 0 aromatic rings. The van der Waals surface area contributed by atoms with E-state index in [0.717, 1.165) is 12.8 Å². The fourth-order valence-electron chi connectivity index (χ4n) is 2.71. The molecule has 0 aliphatic carbocycles. The summed E-state index contributed by atoms with van der Waals surface area (Å²) in [5.41, 5.74) is 0. The van der Waals surface area contributed by atoms with E-state index in [1.165, 1.54) is 38.5 Å². The van der Waals surface area contributed by atoms with E-state index in [9.17, 15) is 10.2 Å². The summed E-state index contributed by atoms with van der Waals surface area (Å²) in [5.74, 6) is 0. The predicted octanol–water partition coefficient (Wildman–Crippen LogP) is 1.63. The fraction of sp³-hybridized carbons (Fsp3) is 1.00. The van der Waals surface area contributed by atoms with Gasteiger partial charge in [0.2, 0.25) is 0 Å². The second kappa shape index (κ2) is 11.4. The smallest absolute Gasteiger partial charge is 0.114 e. The van der Waals surface area contributed by atoms with Gasteiger partial charge in [0.15, 0.2) is 0 Å². The fourth-order valence-corrected chi connectivity index (χ4v) is 2.71. The zero-order chi connectivity index (χ0) is 15.5. The van der Waals surface area contributed by atoms with Gasteiger partial charge in [-0.3, -0.25) is 0 Å². The first-order chi connectivity index (χ1) is 10.2. The molecule has 0 spiro atoms. The predicted molar refractivity (Wildman–Crippen MR) is 81.2 cm³/mol. The van der Waals surface area contributed by atoms with Gasteiger partial charge in [0.05, 0.1) is 13.2 Å². The van der Waals surface area contributed by atoms with E-state index in [1.54, 1.807) is 0 Å². The molecule has 5 nitrogen and oxygen atoms in total. The molecule has 0 aromatic heterocycles. The Morgan fingerprint density at radius 1 is 1.10 bits per heavy atom. The lowest BCUT2D eigenvalue weighted by Gasteiger charge is -2.23. The van der Waals surface area contributed by atoms with Crippen LogP contribution < -0.4 is 0 Å². The lowest BCUT2D eigenvalue weighted by molar-refractivity contribution is -0.0938. The SMILES string of the molecule is CCCCCCCCCCO[C@@H]1[C@H]([C@@H](O)CO)OC[C@H]1O. The van der Waals surface area contributed by atoms with E-state index in [1.807, 2.05) is 0 Å². The first-order valence-electron chi connectivity index (χ1n) is 8.40. The Morgan fingerprint density at radius 3 is 2.33 bits per heavy atom. The van der Waals surface area contributed by atoms with Crippen molar-refractivity contribution in [3.05, 3.63) is 0 Å². The molecule has 1 aliphatic rings. The van der Waals surface area contributed by atoms with Crippen LogP contribution in [0.5, 0.6) is 0 Å². The molecule has 5 heteroatoms. The topological polar surface area (TPSA) is 79.2 Å². The molecule has 0 bridgehead atoms.